The summed E-state index contributed by atoms with van der Waals surface area (Å²) in [6.07, 6.45) is 63.8. The van der Waals surface area contributed by atoms with Crippen LogP contribution in [0.3, 0.4) is 0 Å². The van der Waals surface area contributed by atoms with Crippen molar-refractivity contribution in [3.8, 4) is 0 Å². The lowest BCUT2D eigenvalue weighted by atomic mass is 10.0. The number of carbonyl (C=O) groups excluding carboxylic acids is 3. The highest BCUT2D eigenvalue weighted by Crippen LogP contribution is 2.18. The van der Waals surface area contributed by atoms with E-state index in [2.05, 4.69) is 20.8 Å². The third-order valence-electron chi connectivity index (χ3n) is 14.1. The lowest BCUT2D eigenvalue weighted by Crippen LogP contribution is -2.30. The number of rotatable bonds is 57. The Morgan fingerprint density at radius 3 is 0.597 bits per heavy atom. The molecule has 0 bridgehead atoms. The van der Waals surface area contributed by atoms with Crippen molar-refractivity contribution < 1.29 is 28.6 Å². The largest absolute Gasteiger partial charge is 0.462 e. The quantitative estimate of drug-likeness (QED) is 0.0343. The van der Waals surface area contributed by atoms with Crippen LogP contribution in [0.5, 0.6) is 0 Å². The minimum absolute atomic E-state index is 0.0607. The first kappa shape index (κ1) is 65.4. The van der Waals surface area contributed by atoms with E-state index in [4.69, 9.17) is 14.2 Å². The Balaban J connectivity index is 4.28. The topological polar surface area (TPSA) is 78.9 Å². The molecule has 0 heterocycles. The Morgan fingerprint density at radius 2 is 0.403 bits per heavy atom. The summed E-state index contributed by atoms with van der Waals surface area (Å²) in [5.74, 6) is -0.828. The summed E-state index contributed by atoms with van der Waals surface area (Å²) in [6, 6.07) is 0. The van der Waals surface area contributed by atoms with E-state index >= 15 is 0 Å². The summed E-state index contributed by atoms with van der Waals surface area (Å²) in [7, 11) is 0. The van der Waals surface area contributed by atoms with Crippen LogP contribution in [0.1, 0.15) is 355 Å². The van der Waals surface area contributed by atoms with Crippen LogP contribution in [-0.4, -0.2) is 37.2 Å². The van der Waals surface area contributed by atoms with Crippen LogP contribution in [0.15, 0.2) is 0 Å². The summed E-state index contributed by atoms with van der Waals surface area (Å²) in [4.78, 5) is 38.2. The van der Waals surface area contributed by atoms with Gasteiger partial charge in [-0.15, -0.1) is 0 Å². The molecule has 0 rings (SSSR count). The molecule has 0 aliphatic heterocycles. The van der Waals surface area contributed by atoms with Gasteiger partial charge < -0.3 is 14.2 Å². The summed E-state index contributed by atoms with van der Waals surface area (Å²) >= 11 is 0. The van der Waals surface area contributed by atoms with Crippen molar-refractivity contribution >= 4 is 17.9 Å². The molecule has 0 radical (unpaired) electrons. The summed E-state index contributed by atoms with van der Waals surface area (Å²) in [5, 5.41) is 0. The Kier molecular flexibility index (Phi) is 55.6. The zero-order chi connectivity index (χ0) is 48.6. The molecule has 0 spiro atoms. The molecule has 0 unspecified atom stereocenters. The SMILES string of the molecule is CCCCCCCCCCCCCCCCCCCCC(=O)OC[C@@H](COC(=O)CCCCCCCCCCCCCCCC)OC(=O)CCCCCCCCCCCCCCCCCCC. The fraction of sp³-hybridized carbons (Fsp3) is 0.951. The minimum Gasteiger partial charge on any atom is -0.462 e. The fourth-order valence-corrected chi connectivity index (χ4v) is 9.51. The lowest BCUT2D eigenvalue weighted by molar-refractivity contribution is -0.167. The molecule has 1 atom stereocenters. The normalized spacial score (nSPS) is 11.9. The molecule has 0 N–H and O–H groups in total. The van der Waals surface area contributed by atoms with Crippen molar-refractivity contribution in [1.29, 1.82) is 0 Å². The second kappa shape index (κ2) is 57.0. The average Bonchev–Trinajstić information content (AvgIpc) is 3.33. The zero-order valence-corrected chi connectivity index (χ0v) is 45.7. The molecule has 0 fully saturated rings. The van der Waals surface area contributed by atoms with E-state index in [1.165, 1.54) is 257 Å². The second-order valence-electron chi connectivity index (χ2n) is 21.0. The van der Waals surface area contributed by atoms with E-state index in [1.54, 1.807) is 0 Å². The monoisotopic (exact) mass is 947 g/mol. The standard InChI is InChI=1S/C61H118O6/c1-4-7-10-13-16-19-22-25-28-30-32-33-36-39-42-45-48-51-54-60(63)66-57-58(56-65-59(62)53-50-47-44-41-38-35-27-24-21-18-15-12-9-6-3)67-61(64)55-52-49-46-43-40-37-34-31-29-26-23-20-17-14-11-8-5-2/h58H,4-57H2,1-3H3/t58-/m1/s1. The van der Waals surface area contributed by atoms with Gasteiger partial charge in [-0.1, -0.05) is 316 Å². The van der Waals surface area contributed by atoms with Crippen LogP contribution in [0.25, 0.3) is 0 Å². The van der Waals surface area contributed by atoms with Gasteiger partial charge in [0.05, 0.1) is 0 Å². The molecule has 398 valence electrons. The Hall–Kier alpha value is -1.59. The van der Waals surface area contributed by atoms with Crippen molar-refractivity contribution in [2.24, 2.45) is 0 Å². The minimum atomic E-state index is -0.761. The molecule has 0 saturated heterocycles. The Labute approximate surface area is 418 Å². The predicted octanol–water partition coefficient (Wildman–Crippen LogP) is 20.3. The average molecular weight is 948 g/mol. The molecular formula is C61H118O6. The van der Waals surface area contributed by atoms with E-state index in [0.29, 0.717) is 19.3 Å². The van der Waals surface area contributed by atoms with E-state index in [9.17, 15) is 14.4 Å². The van der Waals surface area contributed by atoms with Crippen LogP contribution in [0, 0.1) is 0 Å². The predicted molar refractivity (Wildman–Crippen MR) is 289 cm³/mol. The van der Waals surface area contributed by atoms with Gasteiger partial charge in [0.15, 0.2) is 6.10 Å². The van der Waals surface area contributed by atoms with Crippen LogP contribution in [-0.2, 0) is 28.6 Å². The summed E-state index contributed by atoms with van der Waals surface area (Å²) < 4.78 is 16.9. The fourth-order valence-electron chi connectivity index (χ4n) is 9.51. The molecule has 0 amide bonds. The Bertz CT molecular complexity index is 998. The number of hydrogen-bond acceptors (Lipinski definition) is 6. The number of hydrogen-bond donors (Lipinski definition) is 0. The first-order valence-electron chi connectivity index (χ1n) is 30.5. The number of ether oxygens (including phenoxy) is 3. The highest BCUT2D eigenvalue weighted by atomic mass is 16.6. The maximum atomic E-state index is 12.9. The summed E-state index contributed by atoms with van der Waals surface area (Å²) in [6.45, 7) is 6.72. The molecule has 0 aromatic rings. The van der Waals surface area contributed by atoms with Crippen molar-refractivity contribution in [3.63, 3.8) is 0 Å². The van der Waals surface area contributed by atoms with Crippen molar-refractivity contribution in [2.75, 3.05) is 13.2 Å². The van der Waals surface area contributed by atoms with E-state index in [1.807, 2.05) is 0 Å². The van der Waals surface area contributed by atoms with Crippen molar-refractivity contribution in [1.82, 2.24) is 0 Å². The smallest absolute Gasteiger partial charge is 0.306 e. The molecule has 0 saturated carbocycles. The van der Waals surface area contributed by atoms with Gasteiger partial charge in [0, 0.05) is 19.3 Å². The van der Waals surface area contributed by atoms with Gasteiger partial charge in [0.25, 0.3) is 0 Å². The van der Waals surface area contributed by atoms with E-state index in [-0.39, 0.29) is 31.1 Å². The van der Waals surface area contributed by atoms with Gasteiger partial charge in [0.1, 0.15) is 13.2 Å². The maximum Gasteiger partial charge on any atom is 0.306 e. The molecule has 0 aromatic carbocycles. The van der Waals surface area contributed by atoms with Gasteiger partial charge in [-0.05, 0) is 19.3 Å². The zero-order valence-electron chi connectivity index (χ0n) is 45.7. The number of esters is 3. The Morgan fingerprint density at radius 1 is 0.239 bits per heavy atom. The van der Waals surface area contributed by atoms with Crippen molar-refractivity contribution in [3.05, 3.63) is 0 Å². The summed E-state index contributed by atoms with van der Waals surface area (Å²) in [5.41, 5.74) is 0. The van der Waals surface area contributed by atoms with E-state index in [0.717, 1.165) is 57.8 Å². The first-order valence-corrected chi connectivity index (χ1v) is 30.5. The highest BCUT2D eigenvalue weighted by molar-refractivity contribution is 5.71. The number of unbranched alkanes of at least 4 members (excludes halogenated alkanes) is 46. The molecule has 0 aromatic heterocycles. The van der Waals surface area contributed by atoms with Crippen molar-refractivity contribution in [2.45, 2.75) is 361 Å². The third kappa shape index (κ3) is 55.2. The molecular weight excluding hydrogens is 829 g/mol. The van der Waals surface area contributed by atoms with Gasteiger partial charge >= 0.3 is 17.9 Å². The highest BCUT2D eigenvalue weighted by Gasteiger charge is 2.19. The molecule has 0 aliphatic rings. The maximum absolute atomic E-state index is 12.9. The lowest BCUT2D eigenvalue weighted by Gasteiger charge is -2.18. The third-order valence-corrected chi connectivity index (χ3v) is 14.1. The van der Waals surface area contributed by atoms with Gasteiger partial charge in [-0.3, -0.25) is 14.4 Å². The van der Waals surface area contributed by atoms with Gasteiger partial charge in [-0.25, -0.2) is 0 Å². The van der Waals surface area contributed by atoms with Crippen LogP contribution >= 0.6 is 0 Å². The molecule has 0 aliphatic carbocycles. The van der Waals surface area contributed by atoms with Crippen LogP contribution in [0.4, 0.5) is 0 Å². The van der Waals surface area contributed by atoms with Gasteiger partial charge in [0.2, 0.25) is 0 Å². The number of carbonyl (C=O) groups is 3. The molecule has 6 heteroatoms. The van der Waals surface area contributed by atoms with Crippen LogP contribution in [0.2, 0.25) is 0 Å². The second-order valence-corrected chi connectivity index (χ2v) is 21.0. The molecule has 6 nitrogen and oxygen atoms in total. The molecule has 67 heavy (non-hydrogen) atoms. The van der Waals surface area contributed by atoms with E-state index < -0.39 is 6.10 Å². The first-order chi connectivity index (χ1) is 33.0. The van der Waals surface area contributed by atoms with Gasteiger partial charge in [-0.2, -0.15) is 0 Å². The van der Waals surface area contributed by atoms with Crippen LogP contribution < -0.4 is 0 Å².